The number of amides is 1. The molecule has 0 atom stereocenters. The number of rotatable bonds is 7. The van der Waals surface area contributed by atoms with Crippen molar-refractivity contribution in [3.05, 3.63) is 64.7 Å². The third-order valence-corrected chi connectivity index (χ3v) is 9.14. The van der Waals surface area contributed by atoms with Crippen molar-refractivity contribution in [2.45, 2.75) is 43.4 Å². The Morgan fingerprint density at radius 1 is 0.943 bits per heavy atom. The highest BCUT2D eigenvalue weighted by molar-refractivity contribution is 7.89. The molecule has 0 unspecified atom stereocenters. The highest BCUT2D eigenvalue weighted by Gasteiger charge is 2.29. The molecule has 0 aliphatic carbocycles. The minimum absolute atomic E-state index is 0.0550. The summed E-state index contributed by atoms with van der Waals surface area (Å²) in [6.45, 7) is 1.76. The second-order valence-electron chi connectivity index (χ2n) is 9.20. The van der Waals surface area contributed by atoms with E-state index < -0.39 is 16.0 Å². The zero-order chi connectivity index (χ0) is 24.8. The van der Waals surface area contributed by atoms with Crippen LogP contribution in [-0.4, -0.2) is 62.3 Å². The van der Waals surface area contributed by atoms with E-state index in [0.717, 1.165) is 38.5 Å². The lowest BCUT2D eigenvalue weighted by Crippen LogP contribution is -2.41. The number of piperidine rings is 2. The molecule has 2 saturated heterocycles. The van der Waals surface area contributed by atoms with Gasteiger partial charge in [-0.1, -0.05) is 48.4 Å². The molecule has 4 rings (SSSR count). The normalized spacial score (nSPS) is 17.8. The lowest BCUT2D eigenvalue weighted by atomic mass is 9.90. The summed E-state index contributed by atoms with van der Waals surface area (Å²) in [5.74, 6) is -0.464. The third kappa shape index (κ3) is 6.42. The number of carbonyl (C=O) groups is 2. The van der Waals surface area contributed by atoms with Gasteiger partial charge in [0.25, 0.3) is 5.91 Å². The summed E-state index contributed by atoms with van der Waals surface area (Å²) in [5, 5.41) is 0.0570. The first-order valence-electron chi connectivity index (χ1n) is 12.1. The number of sulfonamides is 1. The molecule has 2 aliphatic rings. The van der Waals surface area contributed by atoms with E-state index in [1.54, 1.807) is 4.90 Å². The van der Waals surface area contributed by atoms with Crippen molar-refractivity contribution in [3.8, 4) is 0 Å². The Bertz CT molecular complexity index is 1140. The van der Waals surface area contributed by atoms with Crippen molar-refractivity contribution in [2.75, 3.05) is 32.8 Å². The molecule has 35 heavy (non-hydrogen) atoms. The summed E-state index contributed by atoms with van der Waals surface area (Å²) < 4.78 is 32.7. The topological polar surface area (TPSA) is 84.0 Å². The van der Waals surface area contributed by atoms with E-state index in [-0.39, 0.29) is 28.0 Å². The molecular weight excluding hydrogens is 488 g/mol. The fraction of sp³-hybridized carbons (Fsp3) is 0.462. The van der Waals surface area contributed by atoms with Gasteiger partial charge in [-0.3, -0.25) is 4.79 Å². The summed E-state index contributed by atoms with van der Waals surface area (Å²) >= 11 is 6.18. The minimum atomic E-state index is -3.81. The smallest absolute Gasteiger partial charge is 0.338 e. The number of halogens is 1. The molecule has 2 aromatic rings. The van der Waals surface area contributed by atoms with Gasteiger partial charge in [-0.25, -0.2) is 13.2 Å². The maximum atomic E-state index is 13.0. The zero-order valence-corrected chi connectivity index (χ0v) is 21.3. The van der Waals surface area contributed by atoms with Crippen LogP contribution in [0.3, 0.4) is 0 Å². The van der Waals surface area contributed by atoms with Gasteiger partial charge in [0.1, 0.15) is 4.90 Å². The first-order valence-corrected chi connectivity index (χ1v) is 13.9. The molecular formula is C26H31ClN2O5S. The highest BCUT2D eigenvalue weighted by atomic mass is 35.5. The number of benzene rings is 2. The predicted molar refractivity (Wildman–Crippen MR) is 134 cm³/mol. The summed E-state index contributed by atoms with van der Waals surface area (Å²) in [6, 6.07) is 14.4. The molecule has 0 bridgehead atoms. The van der Waals surface area contributed by atoms with Crippen LogP contribution >= 0.6 is 11.6 Å². The van der Waals surface area contributed by atoms with E-state index in [9.17, 15) is 18.0 Å². The number of esters is 1. The van der Waals surface area contributed by atoms with Gasteiger partial charge in [-0.2, -0.15) is 4.31 Å². The summed E-state index contributed by atoms with van der Waals surface area (Å²) in [7, 11) is -3.81. The fourth-order valence-electron chi connectivity index (χ4n) is 4.71. The van der Waals surface area contributed by atoms with Gasteiger partial charge in [0, 0.05) is 26.2 Å². The number of hydrogen-bond donors (Lipinski definition) is 0. The van der Waals surface area contributed by atoms with E-state index >= 15 is 0 Å². The van der Waals surface area contributed by atoms with E-state index in [2.05, 4.69) is 12.1 Å². The van der Waals surface area contributed by atoms with Gasteiger partial charge in [0.05, 0.1) is 10.6 Å². The molecule has 0 saturated carbocycles. The molecule has 9 heteroatoms. The molecule has 2 aromatic carbocycles. The molecule has 0 radical (unpaired) electrons. The average molecular weight is 519 g/mol. The van der Waals surface area contributed by atoms with E-state index in [4.69, 9.17) is 16.3 Å². The van der Waals surface area contributed by atoms with Gasteiger partial charge < -0.3 is 9.64 Å². The highest BCUT2D eigenvalue weighted by Crippen LogP contribution is 2.28. The van der Waals surface area contributed by atoms with E-state index in [1.807, 2.05) is 18.2 Å². The van der Waals surface area contributed by atoms with Gasteiger partial charge in [-0.05, 0) is 61.8 Å². The molecule has 7 nitrogen and oxygen atoms in total. The maximum Gasteiger partial charge on any atom is 0.338 e. The monoisotopic (exact) mass is 518 g/mol. The van der Waals surface area contributed by atoms with Crippen LogP contribution < -0.4 is 0 Å². The summed E-state index contributed by atoms with van der Waals surface area (Å²) in [5.41, 5.74) is 1.36. The molecule has 2 aliphatic heterocycles. The SMILES string of the molecule is O=C(OCC(=O)N1CCC(Cc2ccccc2)CC1)c1ccc(Cl)c(S(=O)(=O)N2CCCCC2)c1. The maximum absolute atomic E-state index is 13.0. The van der Waals surface area contributed by atoms with Gasteiger partial charge in [0.15, 0.2) is 6.61 Å². The molecule has 2 heterocycles. The van der Waals surface area contributed by atoms with Crippen LogP contribution in [0, 0.1) is 5.92 Å². The van der Waals surface area contributed by atoms with Crippen molar-refractivity contribution < 1.29 is 22.7 Å². The predicted octanol–water partition coefficient (Wildman–Crippen LogP) is 4.15. The summed E-state index contributed by atoms with van der Waals surface area (Å²) in [6.07, 6.45) is 5.39. The van der Waals surface area contributed by atoms with Crippen LogP contribution in [0.4, 0.5) is 0 Å². The lowest BCUT2D eigenvalue weighted by molar-refractivity contribution is -0.135. The number of likely N-dealkylation sites (tertiary alicyclic amines) is 1. The second-order valence-corrected chi connectivity index (χ2v) is 11.5. The number of nitrogens with zero attached hydrogens (tertiary/aromatic N) is 2. The number of hydrogen-bond acceptors (Lipinski definition) is 5. The van der Waals surface area contributed by atoms with Crippen LogP contribution in [0.15, 0.2) is 53.4 Å². The number of ether oxygens (including phenoxy) is 1. The Hall–Kier alpha value is -2.42. The molecule has 0 spiro atoms. The lowest BCUT2D eigenvalue weighted by Gasteiger charge is -2.32. The van der Waals surface area contributed by atoms with Crippen molar-refractivity contribution >= 4 is 33.5 Å². The summed E-state index contributed by atoms with van der Waals surface area (Å²) in [4.78, 5) is 26.8. The minimum Gasteiger partial charge on any atom is -0.452 e. The Kier molecular flexibility index (Phi) is 8.46. The molecule has 0 aromatic heterocycles. The standard InChI is InChI=1S/C26H31ClN2O5S/c27-23-10-9-22(18-24(23)35(32,33)29-13-5-2-6-14-29)26(31)34-19-25(30)28-15-11-21(12-16-28)17-20-7-3-1-4-8-20/h1,3-4,7-10,18,21H,2,5-6,11-17,19H2. The van der Waals surface area contributed by atoms with Crippen LogP contribution in [0.1, 0.15) is 48.0 Å². The quantitative estimate of drug-likeness (QED) is 0.514. The van der Waals surface area contributed by atoms with Crippen LogP contribution in [0.2, 0.25) is 5.02 Å². The van der Waals surface area contributed by atoms with Gasteiger partial charge >= 0.3 is 5.97 Å². The van der Waals surface area contributed by atoms with Crippen LogP contribution in [-0.2, 0) is 26.0 Å². The van der Waals surface area contributed by atoms with Crippen molar-refractivity contribution in [2.24, 2.45) is 5.92 Å². The Labute approximate surface area is 212 Å². The Balaban J connectivity index is 1.31. The van der Waals surface area contributed by atoms with Crippen LogP contribution in [0.25, 0.3) is 0 Å². The Morgan fingerprint density at radius 3 is 2.31 bits per heavy atom. The molecule has 0 N–H and O–H groups in total. The van der Waals surface area contributed by atoms with Crippen molar-refractivity contribution in [1.82, 2.24) is 9.21 Å². The van der Waals surface area contributed by atoms with E-state index in [0.29, 0.717) is 32.1 Å². The molecule has 1 amide bonds. The Morgan fingerprint density at radius 2 is 1.63 bits per heavy atom. The molecule has 2 fully saturated rings. The van der Waals surface area contributed by atoms with Gasteiger partial charge in [-0.15, -0.1) is 0 Å². The van der Waals surface area contributed by atoms with Crippen molar-refractivity contribution in [3.63, 3.8) is 0 Å². The first kappa shape index (κ1) is 25.7. The average Bonchev–Trinajstić information content (AvgIpc) is 2.89. The fourth-order valence-corrected chi connectivity index (χ4v) is 6.73. The molecule has 188 valence electrons. The van der Waals surface area contributed by atoms with E-state index in [1.165, 1.54) is 28.1 Å². The third-order valence-electron chi connectivity index (χ3n) is 6.76. The van der Waals surface area contributed by atoms with Crippen LogP contribution in [0.5, 0.6) is 0 Å². The van der Waals surface area contributed by atoms with Gasteiger partial charge in [0.2, 0.25) is 10.0 Å². The second kappa shape index (κ2) is 11.5. The van der Waals surface area contributed by atoms with Crippen molar-refractivity contribution in [1.29, 1.82) is 0 Å². The zero-order valence-electron chi connectivity index (χ0n) is 19.7. The largest absolute Gasteiger partial charge is 0.452 e. The first-order chi connectivity index (χ1) is 16.8. The number of carbonyl (C=O) groups excluding carboxylic acids is 2.